The SMILES string of the molecule is O=C(O)C1=C([C@@H]2CCCO2)CSC2CC(=O)N12. The number of carboxylic acids is 1. The molecule has 0 radical (unpaired) electrons. The normalized spacial score (nSPS) is 32.5. The Kier molecular flexibility index (Phi) is 2.63. The zero-order valence-electron chi connectivity index (χ0n) is 9.22. The highest BCUT2D eigenvalue weighted by molar-refractivity contribution is 8.00. The molecule has 0 bridgehead atoms. The quantitative estimate of drug-likeness (QED) is 0.740. The molecule has 3 heterocycles. The lowest BCUT2D eigenvalue weighted by molar-refractivity contribution is -0.146. The number of carboxylic acid groups (broad SMARTS) is 1. The van der Waals surface area contributed by atoms with Crippen molar-refractivity contribution in [1.29, 1.82) is 0 Å². The Labute approximate surface area is 103 Å². The summed E-state index contributed by atoms with van der Waals surface area (Å²) in [5.41, 5.74) is 0.959. The van der Waals surface area contributed by atoms with Crippen molar-refractivity contribution in [3.63, 3.8) is 0 Å². The van der Waals surface area contributed by atoms with Crippen LogP contribution in [0.15, 0.2) is 11.3 Å². The van der Waals surface area contributed by atoms with Crippen molar-refractivity contribution in [2.75, 3.05) is 12.4 Å². The van der Waals surface area contributed by atoms with E-state index in [4.69, 9.17) is 4.74 Å². The first kappa shape index (κ1) is 11.1. The molecule has 92 valence electrons. The molecule has 3 aliphatic heterocycles. The Balaban J connectivity index is 1.97. The molecule has 17 heavy (non-hydrogen) atoms. The van der Waals surface area contributed by atoms with Gasteiger partial charge in [0, 0.05) is 12.4 Å². The van der Waals surface area contributed by atoms with E-state index in [0.717, 1.165) is 18.4 Å². The first-order chi connectivity index (χ1) is 8.18. The monoisotopic (exact) mass is 255 g/mol. The summed E-state index contributed by atoms with van der Waals surface area (Å²) in [6.07, 6.45) is 2.17. The summed E-state index contributed by atoms with van der Waals surface area (Å²) < 4.78 is 5.54. The number of hydrogen-bond acceptors (Lipinski definition) is 4. The number of fused-ring (bicyclic) bond motifs is 1. The third-order valence-electron chi connectivity index (χ3n) is 3.40. The van der Waals surface area contributed by atoms with Crippen LogP contribution < -0.4 is 0 Å². The van der Waals surface area contributed by atoms with Crippen LogP contribution in [-0.4, -0.2) is 45.7 Å². The molecule has 3 aliphatic rings. The highest BCUT2D eigenvalue weighted by atomic mass is 32.2. The number of thioether (sulfide) groups is 1. The van der Waals surface area contributed by atoms with Crippen LogP contribution in [0.5, 0.6) is 0 Å². The van der Waals surface area contributed by atoms with Crippen LogP contribution in [0.4, 0.5) is 0 Å². The lowest BCUT2D eigenvalue weighted by Gasteiger charge is -2.44. The lowest BCUT2D eigenvalue weighted by atomic mass is 10.0. The fourth-order valence-corrected chi connectivity index (χ4v) is 3.86. The number of hydrogen-bond donors (Lipinski definition) is 1. The van der Waals surface area contributed by atoms with E-state index in [1.807, 2.05) is 0 Å². The smallest absolute Gasteiger partial charge is 0.352 e. The van der Waals surface area contributed by atoms with Crippen LogP contribution in [0.1, 0.15) is 19.3 Å². The predicted octanol–water partition coefficient (Wildman–Crippen LogP) is 0.809. The van der Waals surface area contributed by atoms with Gasteiger partial charge in [0.25, 0.3) is 0 Å². The Bertz CT molecular complexity index is 414. The molecule has 2 saturated heterocycles. The van der Waals surface area contributed by atoms with Crippen molar-refractivity contribution >= 4 is 23.6 Å². The van der Waals surface area contributed by atoms with Crippen molar-refractivity contribution in [3.05, 3.63) is 11.3 Å². The number of nitrogens with zero attached hydrogens (tertiary/aromatic N) is 1. The molecule has 2 fully saturated rings. The molecule has 1 amide bonds. The minimum Gasteiger partial charge on any atom is -0.477 e. The molecule has 0 aromatic carbocycles. The number of carbonyl (C=O) groups excluding carboxylic acids is 1. The molecule has 3 rings (SSSR count). The van der Waals surface area contributed by atoms with Crippen LogP contribution >= 0.6 is 11.8 Å². The summed E-state index contributed by atoms with van der Waals surface area (Å²) in [6, 6.07) is 0. The molecule has 0 spiro atoms. The van der Waals surface area contributed by atoms with Gasteiger partial charge in [0.1, 0.15) is 5.70 Å². The number of amides is 1. The van der Waals surface area contributed by atoms with E-state index >= 15 is 0 Å². The molecule has 0 aromatic rings. The predicted molar refractivity (Wildman–Crippen MR) is 61.3 cm³/mol. The zero-order valence-corrected chi connectivity index (χ0v) is 10.0. The molecule has 0 aliphatic carbocycles. The van der Waals surface area contributed by atoms with E-state index in [1.165, 1.54) is 4.90 Å². The van der Waals surface area contributed by atoms with E-state index in [9.17, 15) is 14.7 Å². The minimum atomic E-state index is -1.01. The van der Waals surface area contributed by atoms with E-state index < -0.39 is 5.97 Å². The Morgan fingerprint density at radius 1 is 1.53 bits per heavy atom. The van der Waals surface area contributed by atoms with Crippen LogP contribution in [-0.2, 0) is 14.3 Å². The molecular formula is C11H13NO4S. The number of aliphatic carboxylic acids is 1. The van der Waals surface area contributed by atoms with Crippen molar-refractivity contribution < 1.29 is 19.4 Å². The summed E-state index contributed by atoms with van der Waals surface area (Å²) in [4.78, 5) is 24.3. The first-order valence-corrected chi connectivity index (χ1v) is 6.75. The minimum absolute atomic E-state index is 0.0266. The zero-order chi connectivity index (χ0) is 12.0. The van der Waals surface area contributed by atoms with E-state index in [-0.39, 0.29) is 23.1 Å². The maximum Gasteiger partial charge on any atom is 0.352 e. The Morgan fingerprint density at radius 2 is 2.35 bits per heavy atom. The molecular weight excluding hydrogens is 242 g/mol. The highest BCUT2D eigenvalue weighted by Crippen LogP contribution is 2.42. The van der Waals surface area contributed by atoms with E-state index in [1.54, 1.807) is 11.8 Å². The lowest BCUT2D eigenvalue weighted by Crippen LogP contribution is -2.54. The number of β-lactam (4-membered cyclic amide) rings is 1. The third kappa shape index (κ3) is 1.66. The van der Waals surface area contributed by atoms with Gasteiger partial charge in [-0.2, -0.15) is 0 Å². The summed E-state index contributed by atoms with van der Waals surface area (Å²) in [5, 5.41) is 9.32. The van der Waals surface area contributed by atoms with Gasteiger partial charge in [0.15, 0.2) is 0 Å². The fraction of sp³-hybridized carbons (Fsp3) is 0.636. The van der Waals surface area contributed by atoms with Gasteiger partial charge in [0.05, 0.1) is 17.9 Å². The van der Waals surface area contributed by atoms with Crippen molar-refractivity contribution in [1.82, 2.24) is 4.90 Å². The molecule has 1 N–H and O–H groups in total. The Hall–Kier alpha value is -1.01. The second-order valence-electron chi connectivity index (χ2n) is 4.41. The van der Waals surface area contributed by atoms with Crippen LogP contribution in [0.25, 0.3) is 0 Å². The summed E-state index contributed by atoms with van der Waals surface area (Å²) >= 11 is 1.64. The maximum absolute atomic E-state index is 11.5. The number of rotatable bonds is 2. The summed E-state index contributed by atoms with van der Waals surface area (Å²) in [5.74, 6) is -0.426. The van der Waals surface area contributed by atoms with Gasteiger partial charge in [-0.1, -0.05) is 0 Å². The number of carbonyl (C=O) groups is 2. The molecule has 1 unspecified atom stereocenters. The van der Waals surface area contributed by atoms with Crippen LogP contribution in [0.2, 0.25) is 0 Å². The molecule has 5 nitrogen and oxygen atoms in total. The van der Waals surface area contributed by atoms with Gasteiger partial charge >= 0.3 is 5.97 Å². The highest BCUT2D eigenvalue weighted by Gasteiger charge is 2.46. The van der Waals surface area contributed by atoms with Gasteiger partial charge in [-0.25, -0.2) is 4.79 Å². The fourth-order valence-electron chi connectivity index (χ4n) is 2.54. The average Bonchev–Trinajstić information content (AvgIpc) is 2.79. The first-order valence-electron chi connectivity index (χ1n) is 5.70. The summed E-state index contributed by atoms with van der Waals surface area (Å²) in [7, 11) is 0. The van der Waals surface area contributed by atoms with Crippen molar-refractivity contribution in [3.8, 4) is 0 Å². The van der Waals surface area contributed by atoms with Gasteiger partial charge in [-0.3, -0.25) is 9.69 Å². The van der Waals surface area contributed by atoms with Crippen LogP contribution in [0, 0.1) is 0 Å². The van der Waals surface area contributed by atoms with E-state index in [2.05, 4.69) is 0 Å². The van der Waals surface area contributed by atoms with Gasteiger partial charge in [0.2, 0.25) is 5.91 Å². The Morgan fingerprint density at radius 3 is 2.94 bits per heavy atom. The summed E-state index contributed by atoms with van der Waals surface area (Å²) in [6.45, 7) is 0.684. The molecule has 0 aromatic heterocycles. The van der Waals surface area contributed by atoms with E-state index in [0.29, 0.717) is 18.8 Å². The third-order valence-corrected chi connectivity index (χ3v) is 4.64. The second kappa shape index (κ2) is 4.03. The second-order valence-corrected chi connectivity index (χ2v) is 5.58. The van der Waals surface area contributed by atoms with Crippen molar-refractivity contribution in [2.24, 2.45) is 0 Å². The largest absolute Gasteiger partial charge is 0.477 e. The molecule has 0 saturated carbocycles. The van der Waals surface area contributed by atoms with Crippen molar-refractivity contribution in [2.45, 2.75) is 30.7 Å². The topological polar surface area (TPSA) is 66.8 Å². The molecule has 6 heteroatoms. The van der Waals surface area contributed by atoms with Crippen LogP contribution in [0.3, 0.4) is 0 Å². The van der Waals surface area contributed by atoms with Gasteiger partial charge in [-0.15, -0.1) is 11.8 Å². The van der Waals surface area contributed by atoms with Gasteiger partial charge in [-0.05, 0) is 18.4 Å². The van der Waals surface area contributed by atoms with Gasteiger partial charge < -0.3 is 9.84 Å². The maximum atomic E-state index is 11.5. The number of ether oxygens (including phenoxy) is 1. The molecule has 2 atom stereocenters. The average molecular weight is 255 g/mol. The standard InChI is InChI=1S/C11H13NO4S/c13-8-4-9-12(8)10(11(14)15)6(5-17-9)7-2-1-3-16-7/h7,9H,1-5H2,(H,14,15)/t7-,9?/m0/s1.